The van der Waals surface area contributed by atoms with Crippen LogP contribution in [0.25, 0.3) is 17.4 Å². The third-order valence-corrected chi connectivity index (χ3v) is 2.44. The molecule has 0 bridgehead atoms. The van der Waals surface area contributed by atoms with Crippen molar-refractivity contribution in [3.63, 3.8) is 0 Å². The maximum absolute atomic E-state index is 13.5. The first-order chi connectivity index (χ1) is 9.11. The van der Waals surface area contributed by atoms with E-state index in [1.807, 2.05) is 0 Å². The summed E-state index contributed by atoms with van der Waals surface area (Å²) in [5.41, 5.74) is 5.08. The van der Waals surface area contributed by atoms with E-state index in [0.717, 1.165) is 0 Å². The number of rotatable bonds is 3. The lowest BCUT2D eigenvalue weighted by atomic mass is 10.1. The summed E-state index contributed by atoms with van der Waals surface area (Å²) in [5, 5.41) is 8.70. The number of nitrogens with two attached hydrogens (primary N) is 1. The number of benzene rings is 1. The lowest BCUT2D eigenvalue weighted by Crippen LogP contribution is -2.12. The molecule has 0 aliphatic heterocycles. The first-order valence-electron chi connectivity index (χ1n) is 5.38. The molecule has 19 heavy (non-hydrogen) atoms. The van der Waals surface area contributed by atoms with Gasteiger partial charge in [-0.15, -0.1) is 0 Å². The van der Waals surface area contributed by atoms with Crippen LogP contribution in [0.5, 0.6) is 0 Å². The molecule has 1 amide bonds. The molecular formula is C14H9FN2O2. The van der Waals surface area contributed by atoms with Crippen molar-refractivity contribution < 1.29 is 13.6 Å². The number of nitriles is 1. The van der Waals surface area contributed by atoms with Crippen LogP contribution >= 0.6 is 0 Å². The smallest absolute Gasteiger partial charge is 0.259 e. The van der Waals surface area contributed by atoms with E-state index in [4.69, 9.17) is 15.4 Å². The summed E-state index contributed by atoms with van der Waals surface area (Å²) in [4.78, 5) is 10.9. The van der Waals surface area contributed by atoms with Crippen molar-refractivity contribution >= 4 is 12.0 Å². The monoisotopic (exact) mass is 256 g/mol. The fraction of sp³-hybridized carbons (Fsp3) is 0. The number of hydrogen-bond acceptors (Lipinski definition) is 3. The fourth-order valence-corrected chi connectivity index (χ4v) is 1.54. The molecule has 94 valence electrons. The quantitative estimate of drug-likeness (QED) is 0.676. The van der Waals surface area contributed by atoms with Crippen LogP contribution < -0.4 is 5.73 Å². The van der Waals surface area contributed by atoms with Gasteiger partial charge >= 0.3 is 0 Å². The molecule has 2 rings (SSSR count). The number of nitrogens with zero attached hydrogens (tertiary/aromatic N) is 1. The standard InChI is InChI=1S/C14H9FN2O2/c15-12-4-2-1-3-11(12)13-6-5-10(19-13)7-9(8-16)14(17)18/h1-7H,(H2,17,18). The van der Waals surface area contributed by atoms with Gasteiger partial charge in [-0.2, -0.15) is 5.26 Å². The van der Waals surface area contributed by atoms with Crippen LogP contribution in [0, 0.1) is 17.1 Å². The highest BCUT2D eigenvalue weighted by molar-refractivity contribution is 6.00. The summed E-state index contributed by atoms with van der Waals surface area (Å²) in [6.45, 7) is 0. The molecule has 4 nitrogen and oxygen atoms in total. The maximum Gasteiger partial charge on any atom is 0.259 e. The van der Waals surface area contributed by atoms with E-state index in [-0.39, 0.29) is 11.3 Å². The number of furan rings is 1. The molecule has 2 N–H and O–H groups in total. The third-order valence-electron chi connectivity index (χ3n) is 2.44. The predicted octanol–water partition coefficient (Wildman–Crippen LogP) is 2.48. The van der Waals surface area contributed by atoms with Crippen molar-refractivity contribution in [2.75, 3.05) is 0 Å². The minimum atomic E-state index is -0.841. The zero-order valence-corrected chi connectivity index (χ0v) is 9.76. The first kappa shape index (κ1) is 12.6. The van der Waals surface area contributed by atoms with E-state index in [1.54, 1.807) is 30.3 Å². The number of amides is 1. The van der Waals surface area contributed by atoms with Crippen LogP contribution in [0.2, 0.25) is 0 Å². The summed E-state index contributed by atoms with van der Waals surface area (Å²) >= 11 is 0. The van der Waals surface area contributed by atoms with Crippen LogP contribution in [0.4, 0.5) is 4.39 Å². The van der Waals surface area contributed by atoms with Crippen molar-refractivity contribution in [3.05, 3.63) is 53.5 Å². The molecule has 0 saturated carbocycles. The molecule has 0 unspecified atom stereocenters. The molecule has 1 aromatic heterocycles. The van der Waals surface area contributed by atoms with E-state index in [2.05, 4.69) is 0 Å². The van der Waals surface area contributed by atoms with Crippen molar-refractivity contribution in [2.24, 2.45) is 5.73 Å². The second kappa shape index (κ2) is 5.19. The Labute approximate surface area is 108 Å². The Bertz CT molecular complexity index is 695. The Balaban J connectivity index is 2.38. The molecule has 0 spiro atoms. The molecule has 1 aromatic carbocycles. The van der Waals surface area contributed by atoms with Crippen LogP contribution in [-0.4, -0.2) is 5.91 Å². The van der Waals surface area contributed by atoms with Gasteiger partial charge in [0.1, 0.15) is 29.0 Å². The number of primary amides is 1. The zero-order valence-electron chi connectivity index (χ0n) is 9.76. The SMILES string of the molecule is N#CC(=Cc1ccc(-c2ccccc2F)o1)C(N)=O. The molecule has 5 heteroatoms. The fourth-order valence-electron chi connectivity index (χ4n) is 1.54. The molecule has 0 aliphatic rings. The predicted molar refractivity (Wildman–Crippen MR) is 66.9 cm³/mol. The van der Waals surface area contributed by atoms with Gasteiger partial charge in [-0.1, -0.05) is 12.1 Å². The van der Waals surface area contributed by atoms with Gasteiger partial charge in [0.15, 0.2) is 0 Å². The Morgan fingerprint density at radius 3 is 2.68 bits per heavy atom. The van der Waals surface area contributed by atoms with Crippen molar-refractivity contribution in [1.82, 2.24) is 0 Å². The highest BCUT2D eigenvalue weighted by Gasteiger charge is 2.10. The number of carbonyl (C=O) groups is 1. The largest absolute Gasteiger partial charge is 0.457 e. The van der Waals surface area contributed by atoms with Gasteiger partial charge in [0, 0.05) is 6.08 Å². The van der Waals surface area contributed by atoms with Crippen molar-refractivity contribution in [1.29, 1.82) is 5.26 Å². The summed E-state index contributed by atoms with van der Waals surface area (Å²) in [6, 6.07) is 10.9. The number of hydrogen-bond donors (Lipinski definition) is 1. The molecule has 2 aromatic rings. The van der Waals surface area contributed by atoms with Crippen LogP contribution in [-0.2, 0) is 4.79 Å². The third kappa shape index (κ3) is 2.69. The van der Waals surface area contributed by atoms with Gasteiger partial charge in [0.2, 0.25) is 0 Å². The van der Waals surface area contributed by atoms with E-state index in [0.29, 0.717) is 11.3 Å². The molecular weight excluding hydrogens is 247 g/mol. The Morgan fingerprint density at radius 2 is 2.05 bits per heavy atom. The summed E-state index contributed by atoms with van der Waals surface area (Å²) in [7, 11) is 0. The van der Waals surface area contributed by atoms with Crippen LogP contribution in [0.1, 0.15) is 5.76 Å². The minimum absolute atomic E-state index is 0.227. The summed E-state index contributed by atoms with van der Waals surface area (Å²) < 4.78 is 18.9. The van der Waals surface area contributed by atoms with E-state index in [1.165, 1.54) is 18.2 Å². The van der Waals surface area contributed by atoms with Gasteiger partial charge in [0.25, 0.3) is 5.91 Å². The summed E-state index contributed by atoms with van der Waals surface area (Å²) in [6.07, 6.45) is 1.21. The lowest BCUT2D eigenvalue weighted by Gasteiger charge is -1.97. The molecule has 0 saturated heterocycles. The molecule has 0 radical (unpaired) electrons. The zero-order chi connectivity index (χ0) is 13.8. The average Bonchev–Trinajstić information content (AvgIpc) is 2.84. The van der Waals surface area contributed by atoms with Gasteiger partial charge in [-0.05, 0) is 24.3 Å². The van der Waals surface area contributed by atoms with E-state index < -0.39 is 11.7 Å². The van der Waals surface area contributed by atoms with E-state index in [9.17, 15) is 9.18 Å². The molecule has 0 aliphatic carbocycles. The first-order valence-corrected chi connectivity index (χ1v) is 5.38. The minimum Gasteiger partial charge on any atom is -0.457 e. The second-order valence-corrected chi connectivity index (χ2v) is 3.72. The number of carbonyl (C=O) groups excluding carboxylic acids is 1. The highest BCUT2D eigenvalue weighted by Crippen LogP contribution is 2.25. The van der Waals surface area contributed by atoms with Crippen LogP contribution in [0.3, 0.4) is 0 Å². The average molecular weight is 256 g/mol. The normalized spacial score (nSPS) is 11.1. The Morgan fingerprint density at radius 1 is 1.32 bits per heavy atom. The molecule has 1 heterocycles. The highest BCUT2D eigenvalue weighted by atomic mass is 19.1. The molecule has 0 atom stereocenters. The van der Waals surface area contributed by atoms with Crippen LogP contribution in [0.15, 0.2) is 46.4 Å². The second-order valence-electron chi connectivity index (χ2n) is 3.72. The van der Waals surface area contributed by atoms with Gasteiger partial charge in [-0.25, -0.2) is 4.39 Å². The van der Waals surface area contributed by atoms with Gasteiger partial charge < -0.3 is 10.2 Å². The van der Waals surface area contributed by atoms with Crippen molar-refractivity contribution in [3.8, 4) is 17.4 Å². The molecule has 0 fully saturated rings. The summed E-state index contributed by atoms with van der Waals surface area (Å²) in [5.74, 6) is -0.686. The Hall–Kier alpha value is -2.87. The maximum atomic E-state index is 13.5. The number of halogens is 1. The van der Waals surface area contributed by atoms with Crippen molar-refractivity contribution in [2.45, 2.75) is 0 Å². The van der Waals surface area contributed by atoms with Gasteiger partial charge in [-0.3, -0.25) is 4.79 Å². The Kier molecular flexibility index (Phi) is 3.44. The topological polar surface area (TPSA) is 80.0 Å². The van der Waals surface area contributed by atoms with Gasteiger partial charge in [0.05, 0.1) is 5.56 Å². The van der Waals surface area contributed by atoms with E-state index >= 15 is 0 Å². The lowest BCUT2D eigenvalue weighted by molar-refractivity contribution is -0.114.